The van der Waals surface area contributed by atoms with Gasteiger partial charge in [-0.25, -0.2) is 5.06 Å². The first-order valence-corrected chi connectivity index (χ1v) is 13.1. The second-order valence-electron chi connectivity index (χ2n) is 9.75. The number of rotatable bonds is 12. The summed E-state index contributed by atoms with van der Waals surface area (Å²) in [4.78, 5) is 33.5. The molecule has 2 aliphatic heterocycles. The van der Waals surface area contributed by atoms with E-state index in [2.05, 4.69) is 0 Å². The van der Waals surface area contributed by atoms with Crippen molar-refractivity contribution >= 4 is 11.9 Å². The summed E-state index contributed by atoms with van der Waals surface area (Å²) in [6.45, 7) is 6.07. The molecule has 0 saturated carbocycles. The fraction of sp³-hybridized carbons (Fsp3) is 0.556. The van der Waals surface area contributed by atoms with Crippen LogP contribution in [-0.2, 0) is 27.4 Å². The fourth-order valence-corrected chi connectivity index (χ4v) is 5.48. The maximum absolute atomic E-state index is 13.3. The van der Waals surface area contributed by atoms with Gasteiger partial charge in [-0.05, 0) is 36.5 Å². The Hall–Kier alpha value is -3.24. The molecule has 1 unspecified atom stereocenters. The van der Waals surface area contributed by atoms with E-state index >= 15 is 0 Å². The van der Waals surface area contributed by atoms with Crippen molar-refractivity contribution in [3.05, 3.63) is 41.5 Å². The molecule has 0 radical (unpaired) electrons. The highest BCUT2D eigenvalue weighted by atomic mass is 16.7. The number of benzene rings is 1. The highest BCUT2D eigenvalue weighted by molar-refractivity contribution is 5.78. The van der Waals surface area contributed by atoms with Crippen LogP contribution in [0, 0.1) is 5.92 Å². The molecule has 0 aliphatic carbocycles. The molecule has 10 heteroatoms. The van der Waals surface area contributed by atoms with E-state index in [0.717, 1.165) is 36.1 Å². The quantitative estimate of drug-likeness (QED) is 0.369. The van der Waals surface area contributed by atoms with Gasteiger partial charge in [0.1, 0.15) is 5.75 Å². The van der Waals surface area contributed by atoms with Crippen molar-refractivity contribution in [2.75, 3.05) is 32.8 Å². The number of carbonyl (C=O) groups is 2. The van der Waals surface area contributed by atoms with Gasteiger partial charge in [0.2, 0.25) is 0 Å². The molecule has 37 heavy (non-hydrogen) atoms. The van der Waals surface area contributed by atoms with E-state index < -0.39 is 17.9 Å². The lowest BCUT2D eigenvalue weighted by Crippen LogP contribution is -2.44. The predicted molar refractivity (Wildman–Crippen MR) is 135 cm³/mol. The number of fused-ring (bicyclic) bond motifs is 1. The van der Waals surface area contributed by atoms with E-state index in [1.165, 1.54) is 21.8 Å². The van der Waals surface area contributed by atoms with Gasteiger partial charge in [-0.2, -0.15) is 0 Å². The minimum absolute atomic E-state index is 0.0202. The summed E-state index contributed by atoms with van der Waals surface area (Å²) in [6.07, 6.45) is 2.62. The summed E-state index contributed by atoms with van der Waals surface area (Å²) < 4.78 is 6.97. The Labute approximate surface area is 217 Å². The van der Waals surface area contributed by atoms with E-state index in [9.17, 15) is 24.9 Å². The Morgan fingerprint density at radius 2 is 1.89 bits per heavy atom. The highest BCUT2D eigenvalue weighted by Gasteiger charge is 2.47. The third kappa shape index (κ3) is 5.86. The smallest absolute Gasteiger partial charge is 0.308 e. The van der Waals surface area contributed by atoms with Crippen LogP contribution in [0.15, 0.2) is 30.3 Å². The number of nitrogens with zero attached hydrogens (tertiary/aromatic N) is 3. The van der Waals surface area contributed by atoms with E-state index in [4.69, 9.17) is 9.57 Å². The topological polar surface area (TPSA) is 125 Å². The Balaban J connectivity index is 1.61. The predicted octanol–water partition coefficient (Wildman–Crippen LogP) is 2.97. The van der Waals surface area contributed by atoms with Crippen LogP contribution in [0.5, 0.6) is 17.5 Å². The maximum atomic E-state index is 13.3. The lowest BCUT2D eigenvalue weighted by atomic mass is 9.83. The van der Waals surface area contributed by atoms with E-state index in [1.807, 2.05) is 36.9 Å². The number of carboxylic acid groups (broad SMARTS) is 1. The molecule has 3 N–H and O–H groups in total. The largest absolute Gasteiger partial charge is 0.494 e. The molecule has 3 heterocycles. The number of aliphatic carboxylic acids is 1. The highest BCUT2D eigenvalue weighted by Crippen LogP contribution is 2.41. The molecule has 0 bridgehead atoms. The number of aromatic nitrogens is 1. The van der Waals surface area contributed by atoms with Gasteiger partial charge in [0.15, 0.2) is 11.8 Å². The minimum atomic E-state index is -0.935. The van der Waals surface area contributed by atoms with Crippen LogP contribution in [0.3, 0.4) is 0 Å². The van der Waals surface area contributed by atoms with E-state index in [0.29, 0.717) is 32.7 Å². The van der Waals surface area contributed by atoms with Crippen molar-refractivity contribution in [2.45, 2.75) is 58.0 Å². The van der Waals surface area contributed by atoms with Crippen LogP contribution in [0.25, 0.3) is 0 Å². The summed E-state index contributed by atoms with van der Waals surface area (Å²) in [5.74, 6) is -1.61. The van der Waals surface area contributed by atoms with Crippen molar-refractivity contribution < 1.29 is 34.5 Å². The number of ether oxygens (including phenoxy) is 1. The average Bonchev–Trinajstić information content (AvgIpc) is 3.57. The monoisotopic (exact) mass is 515 g/mol. The molecule has 10 nitrogen and oxygen atoms in total. The molecule has 1 fully saturated rings. The molecule has 1 aromatic heterocycles. The molecule has 0 spiro atoms. The summed E-state index contributed by atoms with van der Waals surface area (Å²) in [5.41, 5.74) is 1.98. The van der Waals surface area contributed by atoms with Gasteiger partial charge in [0.25, 0.3) is 5.91 Å². The number of carboxylic acids is 1. The van der Waals surface area contributed by atoms with Crippen molar-refractivity contribution in [2.24, 2.45) is 5.92 Å². The molecular formula is C27H37N3O7. The third-order valence-corrected chi connectivity index (χ3v) is 7.25. The molecule has 1 saturated heterocycles. The first kappa shape index (κ1) is 26.8. The normalized spacial score (nSPS) is 21.1. The van der Waals surface area contributed by atoms with E-state index in [1.54, 1.807) is 0 Å². The molecule has 2 aliphatic rings. The van der Waals surface area contributed by atoms with Gasteiger partial charge in [-0.3, -0.25) is 23.9 Å². The van der Waals surface area contributed by atoms with Crippen LogP contribution in [0.1, 0.15) is 50.2 Å². The zero-order valence-corrected chi connectivity index (χ0v) is 21.5. The Morgan fingerprint density at radius 1 is 1.14 bits per heavy atom. The molecular weight excluding hydrogens is 478 g/mol. The summed E-state index contributed by atoms with van der Waals surface area (Å²) in [6, 6.07) is 8.14. The molecule has 3 atom stereocenters. The number of aromatic hydroxyl groups is 2. The van der Waals surface area contributed by atoms with Crippen molar-refractivity contribution in [1.82, 2.24) is 14.5 Å². The van der Waals surface area contributed by atoms with Crippen molar-refractivity contribution in [3.8, 4) is 17.5 Å². The SMILES string of the molecule is CCCON(CCC)C(=O)CN1C[C@H](c2ccc3c(c2)CCO3)C(C(=O)O)[C@@H]1CCn1c(O)ccc1O. The van der Waals surface area contributed by atoms with Gasteiger partial charge in [0.05, 0.1) is 25.7 Å². The number of hydrogen-bond donors (Lipinski definition) is 3. The average molecular weight is 516 g/mol. The van der Waals surface area contributed by atoms with Crippen LogP contribution < -0.4 is 4.74 Å². The standard InChI is InChI=1S/C27H37N3O7/c1-3-11-30(37-13-4-2)25(33)17-28-16-20(18-5-6-22-19(15-18)10-14-36-22)26(27(34)35)21(28)9-12-29-23(31)7-8-24(29)32/h5-8,15,20-21,26,31-32H,3-4,9-14,16-17H2,1-2H3,(H,34,35)/t20-,21+,26?/m1/s1. The van der Waals surface area contributed by atoms with Gasteiger partial charge in [-0.1, -0.05) is 26.0 Å². The number of amides is 1. The second kappa shape index (κ2) is 11.9. The number of likely N-dealkylation sites (tertiary alicyclic amines) is 1. The number of hydroxylamine groups is 2. The van der Waals surface area contributed by atoms with Gasteiger partial charge in [0, 0.05) is 50.1 Å². The zero-order chi connectivity index (χ0) is 26.5. The van der Waals surface area contributed by atoms with Crippen LogP contribution in [-0.4, -0.2) is 80.6 Å². The lowest BCUT2D eigenvalue weighted by molar-refractivity contribution is -0.188. The van der Waals surface area contributed by atoms with Gasteiger partial charge >= 0.3 is 5.97 Å². The van der Waals surface area contributed by atoms with Gasteiger partial charge in [-0.15, -0.1) is 0 Å². The number of hydrogen-bond acceptors (Lipinski definition) is 7. The molecule has 1 amide bonds. The first-order valence-electron chi connectivity index (χ1n) is 13.1. The Morgan fingerprint density at radius 3 is 2.57 bits per heavy atom. The first-order chi connectivity index (χ1) is 17.8. The van der Waals surface area contributed by atoms with E-state index in [-0.39, 0.29) is 36.7 Å². The van der Waals surface area contributed by atoms with Crippen LogP contribution in [0.4, 0.5) is 0 Å². The fourth-order valence-electron chi connectivity index (χ4n) is 5.48. The molecule has 202 valence electrons. The zero-order valence-electron chi connectivity index (χ0n) is 21.5. The summed E-state index contributed by atoms with van der Waals surface area (Å²) in [5, 5.41) is 32.0. The molecule has 2 aromatic rings. The molecule has 1 aromatic carbocycles. The van der Waals surface area contributed by atoms with Crippen LogP contribution >= 0.6 is 0 Å². The van der Waals surface area contributed by atoms with Gasteiger partial charge < -0.3 is 20.1 Å². The van der Waals surface area contributed by atoms with Crippen LogP contribution in [0.2, 0.25) is 0 Å². The summed E-state index contributed by atoms with van der Waals surface area (Å²) >= 11 is 0. The lowest BCUT2D eigenvalue weighted by Gasteiger charge is -2.29. The number of carbonyl (C=O) groups excluding carboxylic acids is 1. The van der Waals surface area contributed by atoms with Crippen molar-refractivity contribution in [1.29, 1.82) is 0 Å². The second-order valence-corrected chi connectivity index (χ2v) is 9.75. The Kier molecular flexibility index (Phi) is 8.60. The maximum Gasteiger partial charge on any atom is 0.308 e. The third-order valence-electron chi connectivity index (χ3n) is 7.25. The Bertz CT molecular complexity index is 1080. The minimum Gasteiger partial charge on any atom is -0.494 e. The summed E-state index contributed by atoms with van der Waals surface area (Å²) in [7, 11) is 0. The van der Waals surface area contributed by atoms with Crippen molar-refractivity contribution in [3.63, 3.8) is 0 Å². The molecule has 4 rings (SSSR count).